The minimum atomic E-state index is -0.0896. The highest BCUT2D eigenvalue weighted by molar-refractivity contribution is 5.74. The molecule has 0 fully saturated rings. The smallest absolute Gasteiger partial charge is 0.305 e. The summed E-state index contributed by atoms with van der Waals surface area (Å²) < 4.78 is 5.54. The quantitative estimate of drug-likeness (QED) is 0.0816. The van der Waals surface area contributed by atoms with E-state index in [1.165, 1.54) is 102 Å². The molecule has 0 aliphatic rings. The third-order valence-electron chi connectivity index (χ3n) is 6.62. The minimum Gasteiger partial charge on any atom is -0.466 e. The van der Waals surface area contributed by atoms with Crippen LogP contribution in [0.25, 0.3) is 0 Å². The van der Waals surface area contributed by atoms with E-state index in [2.05, 4.69) is 13.8 Å². The highest BCUT2D eigenvalue weighted by Gasteiger charge is 2.11. The van der Waals surface area contributed by atoms with Gasteiger partial charge in [-0.1, -0.05) is 110 Å². The Morgan fingerprint density at radius 2 is 1.15 bits per heavy atom. The molecule has 0 aliphatic carbocycles. The van der Waals surface area contributed by atoms with Gasteiger partial charge in [0.1, 0.15) is 0 Å². The van der Waals surface area contributed by atoms with Crippen molar-refractivity contribution in [3.63, 3.8) is 0 Å². The van der Waals surface area contributed by atoms with Gasteiger partial charge in [0.15, 0.2) is 0 Å². The zero-order valence-electron chi connectivity index (χ0n) is 22.5. The van der Waals surface area contributed by atoms with Gasteiger partial charge in [-0.2, -0.15) is 0 Å². The fourth-order valence-electron chi connectivity index (χ4n) is 4.25. The zero-order chi connectivity index (χ0) is 24.6. The SMILES string of the molecule is CCCCCCCCC(CCCCCCCC)CCOC(=O)CCCCCC(=O)N(C)OC. The number of ether oxygens (including phenoxy) is 1. The maximum Gasteiger partial charge on any atom is 0.305 e. The molecule has 0 aromatic carbocycles. The summed E-state index contributed by atoms with van der Waals surface area (Å²) in [6.45, 7) is 5.09. The molecule has 0 atom stereocenters. The molecule has 1 amide bonds. The Bertz CT molecular complexity index is 439. The van der Waals surface area contributed by atoms with Crippen LogP contribution < -0.4 is 0 Å². The average Bonchev–Trinajstić information content (AvgIpc) is 2.81. The standard InChI is InChI=1S/C28H55NO4/c1-5-7-9-11-13-16-20-26(21-17-14-12-10-8-6-2)24-25-33-28(31)23-19-15-18-22-27(30)29(3)32-4/h26H,5-25H2,1-4H3. The highest BCUT2D eigenvalue weighted by Crippen LogP contribution is 2.22. The monoisotopic (exact) mass is 469 g/mol. The number of unbranched alkanes of at least 4 members (excludes halogenated alkanes) is 12. The molecule has 196 valence electrons. The van der Waals surface area contributed by atoms with Crippen molar-refractivity contribution in [1.82, 2.24) is 5.06 Å². The Kier molecular flexibility index (Phi) is 23.2. The Morgan fingerprint density at radius 3 is 1.70 bits per heavy atom. The van der Waals surface area contributed by atoms with E-state index in [0.29, 0.717) is 25.4 Å². The normalized spacial score (nSPS) is 11.2. The number of hydrogen-bond acceptors (Lipinski definition) is 4. The third kappa shape index (κ3) is 21.2. The first-order valence-electron chi connectivity index (χ1n) is 14.0. The van der Waals surface area contributed by atoms with Gasteiger partial charge in [-0.15, -0.1) is 0 Å². The van der Waals surface area contributed by atoms with Crippen LogP contribution in [0.2, 0.25) is 0 Å². The van der Waals surface area contributed by atoms with E-state index in [4.69, 9.17) is 9.57 Å². The summed E-state index contributed by atoms with van der Waals surface area (Å²) in [6, 6.07) is 0. The molecule has 0 bridgehead atoms. The van der Waals surface area contributed by atoms with Crippen molar-refractivity contribution in [2.45, 2.75) is 142 Å². The Labute approximate surface area is 205 Å². The lowest BCUT2D eigenvalue weighted by molar-refractivity contribution is -0.168. The number of nitrogens with zero attached hydrogens (tertiary/aromatic N) is 1. The summed E-state index contributed by atoms with van der Waals surface area (Å²) in [4.78, 5) is 28.6. The van der Waals surface area contributed by atoms with Crippen LogP contribution in [0.5, 0.6) is 0 Å². The molecule has 0 spiro atoms. The number of carbonyl (C=O) groups excluding carboxylic acids is 2. The minimum absolute atomic E-state index is 0.0261. The second-order valence-electron chi connectivity index (χ2n) is 9.62. The molecule has 33 heavy (non-hydrogen) atoms. The van der Waals surface area contributed by atoms with Gasteiger partial charge in [0.05, 0.1) is 13.7 Å². The molecule has 0 N–H and O–H groups in total. The van der Waals surface area contributed by atoms with Crippen LogP contribution in [0.1, 0.15) is 142 Å². The number of carbonyl (C=O) groups is 2. The molecular weight excluding hydrogens is 414 g/mol. The first kappa shape index (κ1) is 31.9. The molecule has 0 aromatic rings. The predicted molar refractivity (Wildman–Crippen MR) is 138 cm³/mol. The summed E-state index contributed by atoms with van der Waals surface area (Å²) in [7, 11) is 3.10. The maximum absolute atomic E-state index is 12.1. The van der Waals surface area contributed by atoms with E-state index in [1.807, 2.05) is 0 Å². The predicted octanol–water partition coefficient (Wildman–Crippen LogP) is 8.01. The van der Waals surface area contributed by atoms with Crippen molar-refractivity contribution in [3.05, 3.63) is 0 Å². The van der Waals surface area contributed by atoms with Crippen LogP contribution in [-0.2, 0) is 19.2 Å². The van der Waals surface area contributed by atoms with Crippen LogP contribution >= 0.6 is 0 Å². The van der Waals surface area contributed by atoms with Gasteiger partial charge in [0, 0.05) is 19.9 Å². The molecule has 0 aromatic heterocycles. The zero-order valence-corrected chi connectivity index (χ0v) is 22.5. The Balaban J connectivity index is 4.00. The van der Waals surface area contributed by atoms with Crippen molar-refractivity contribution in [1.29, 1.82) is 0 Å². The van der Waals surface area contributed by atoms with E-state index < -0.39 is 0 Å². The summed E-state index contributed by atoms with van der Waals surface area (Å²) in [6.07, 6.45) is 23.0. The summed E-state index contributed by atoms with van der Waals surface area (Å²) in [5.74, 6) is 0.578. The summed E-state index contributed by atoms with van der Waals surface area (Å²) in [5.41, 5.74) is 0. The van der Waals surface area contributed by atoms with Crippen molar-refractivity contribution < 1.29 is 19.2 Å². The second kappa shape index (κ2) is 24.0. The lowest BCUT2D eigenvalue weighted by Gasteiger charge is -2.17. The van der Waals surface area contributed by atoms with Crippen LogP contribution in [-0.4, -0.2) is 37.7 Å². The number of rotatable bonds is 24. The van der Waals surface area contributed by atoms with Crippen LogP contribution in [0, 0.1) is 5.92 Å². The topological polar surface area (TPSA) is 55.8 Å². The first-order chi connectivity index (χ1) is 16.0. The molecule has 0 rings (SSSR count). The molecule has 0 saturated heterocycles. The van der Waals surface area contributed by atoms with Gasteiger partial charge in [0.2, 0.25) is 5.91 Å². The first-order valence-corrected chi connectivity index (χ1v) is 14.0. The molecule has 5 heteroatoms. The molecule has 0 heterocycles. The fourth-order valence-corrected chi connectivity index (χ4v) is 4.25. The van der Waals surface area contributed by atoms with Crippen molar-refractivity contribution in [2.24, 2.45) is 5.92 Å². The number of hydrogen-bond donors (Lipinski definition) is 0. The summed E-state index contributed by atoms with van der Waals surface area (Å²) >= 11 is 0. The maximum atomic E-state index is 12.1. The second-order valence-corrected chi connectivity index (χ2v) is 9.62. The van der Waals surface area contributed by atoms with Crippen LogP contribution in [0.4, 0.5) is 0 Å². The van der Waals surface area contributed by atoms with E-state index in [-0.39, 0.29) is 11.9 Å². The van der Waals surface area contributed by atoms with Crippen molar-refractivity contribution in [3.8, 4) is 0 Å². The molecule has 0 unspecified atom stereocenters. The van der Waals surface area contributed by atoms with E-state index in [0.717, 1.165) is 25.7 Å². The molecular formula is C28H55NO4. The van der Waals surface area contributed by atoms with Crippen molar-refractivity contribution >= 4 is 11.9 Å². The number of esters is 1. The van der Waals surface area contributed by atoms with Gasteiger partial charge in [0.25, 0.3) is 0 Å². The lowest BCUT2D eigenvalue weighted by atomic mass is 9.91. The van der Waals surface area contributed by atoms with Gasteiger partial charge in [-0.3, -0.25) is 14.4 Å². The lowest BCUT2D eigenvalue weighted by Crippen LogP contribution is -2.24. The molecule has 5 nitrogen and oxygen atoms in total. The van der Waals surface area contributed by atoms with E-state index >= 15 is 0 Å². The van der Waals surface area contributed by atoms with Gasteiger partial charge >= 0.3 is 5.97 Å². The Morgan fingerprint density at radius 1 is 0.667 bits per heavy atom. The summed E-state index contributed by atoms with van der Waals surface area (Å²) in [5, 5.41) is 1.25. The Hall–Kier alpha value is -1.10. The molecule has 0 radical (unpaired) electrons. The highest BCUT2D eigenvalue weighted by atomic mass is 16.7. The van der Waals surface area contributed by atoms with Gasteiger partial charge < -0.3 is 4.74 Å². The van der Waals surface area contributed by atoms with Gasteiger partial charge in [-0.25, -0.2) is 5.06 Å². The third-order valence-corrected chi connectivity index (χ3v) is 6.62. The van der Waals surface area contributed by atoms with E-state index in [9.17, 15) is 9.59 Å². The van der Waals surface area contributed by atoms with Crippen LogP contribution in [0.15, 0.2) is 0 Å². The average molecular weight is 470 g/mol. The van der Waals surface area contributed by atoms with E-state index in [1.54, 1.807) is 7.05 Å². The largest absolute Gasteiger partial charge is 0.466 e. The fraction of sp³-hybridized carbons (Fsp3) is 0.929. The molecule has 0 saturated carbocycles. The molecule has 0 aliphatic heterocycles. The van der Waals surface area contributed by atoms with Crippen LogP contribution in [0.3, 0.4) is 0 Å². The van der Waals surface area contributed by atoms with Crippen molar-refractivity contribution in [2.75, 3.05) is 20.8 Å². The number of hydroxylamine groups is 2. The van der Waals surface area contributed by atoms with Gasteiger partial charge in [-0.05, 0) is 25.2 Å². The number of amides is 1.